The molecule has 7 heteroatoms. The van der Waals surface area contributed by atoms with Crippen LogP contribution in [0.1, 0.15) is 16.8 Å². The Morgan fingerprint density at radius 2 is 1.89 bits per heavy atom. The van der Waals surface area contributed by atoms with Crippen LogP contribution in [0.15, 0.2) is 59.2 Å². The molecule has 5 nitrogen and oxygen atoms in total. The highest BCUT2D eigenvalue weighted by atomic mass is 79.9. The molecule has 0 aliphatic carbocycles. The van der Waals surface area contributed by atoms with Gasteiger partial charge in [-0.2, -0.15) is 10.4 Å². The third-order valence-electron chi connectivity index (χ3n) is 4.27. The van der Waals surface area contributed by atoms with Crippen LogP contribution in [0.25, 0.3) is 16.8 Å². The van der Waals surface area contributed by atoms with Gasteiger partial charge in [0.15, 0.2) is 0 Å². The highest BCUT2D eigenvalue weighted by molar-refractivity contribution is 9.10. The molecular formula is C20H13BrFN5. The minimum atomic E-state index is -0.275. The molecule has 0 unspecified atom stereocenters. The maximum absolute atomic E-state index is 13.9. The van der Waals surface area contributed by atoms with E-state index < -0.39 is 0 Å². The lowest BCUT2D eigenvalue weighted by atomic mass is 10.1. The number of hydrogen-bond donors (Lipinski definition) is 1. The van der Waals surface area contributed by atoms with Crippen LogP contribution < -0.4 is 5.73 Å². The Balaban J connectivity index is 1.85. The van der Waals surface area contributed by atoms with Gasteiger partial charge in [0.1, 0.15) is 27.4 Å². The summed E-state index contributed by atoms with van der Waals surface area (Å²) in [5.74, 6) is 0.0107. The van der Waals surface area contributed by atoms with Crippen molar-refractivity contribution < 1.29 is 4.39 Å². The van der Waals surface area contributed by atoms with Crippen molar-refractivity contribution in [3.63, 3.8) is 0 Å². The Hall–Kier alpha value is -3.24. The lowest BCUT2D eigenvalue weighted by Crippen LogP contribution is -2.03. The predicted molar refractivity (Wildman–Crippen MR) is 104 cm³/mol. The third-order valence-corrected chi connectivity index (χ3v) is 4.98. The fourth-order valence-electron chi connectivity index (χ4n) is 2.97. The smallest absolute Gasteiger partial charge is 0.150 e. The van der Waals surface area contributed by atoms with Crippen LogP contribution in [0.3, 0.4) is 0 Å². The zero-order valence-electron chi connectivity index (χ0n) is 14.0. The molecule has 4 rings (SSSR count). The normalized spacial score (nSPS) is 10.9. The molecule has 0 amide bonds. The van der Waals surface area contributed by atoms with E-state index in [1.54, 1.807) is 47.0 Å². The average Bonchev–Trinajstić information content (AvgIpc) is 3.11. The number of aromatic nitrogens is 3. The molecule has 0 aliphatic heterocycles. The Kier molecular flexibility index (Phi) is 4.34. The van der Waals surface area contributed by atoms with Crippen LogP contribution in [0, 0.1) is 17.1 Å². The van der Waals surface area contributed by atoms with Gasteiger partial charge in [0, 0.05) is 12.0 Å². The molecule has 0 saturated heterocycles. The summed E-state index contributed by atoms with van der Waals surface area (Å²) >= 11 is 3.53. The molecule has 0 atom stereocenters. The molecular weight excluding hydrogens is 409 g/mol. The molecule has 132 valence electrons. The summed E-state index contributed by atoms with van der Waals surface area (Å²) in [5, 5.41) is 13.9. The van der Waals surface area contributed by atoms with Gasteiger partial charge in [0.25, 0.3) is 0 Å². The van der Waals surface area contributed by atoms with E-state index in [1.807, 2.05) is 6.07 Å². The van der Waals surface area contributed by atoms with Crippen LogP contribution in [0.5, 0.6) is 0 Å². The van der Waals surface area contributed by atoms with E-state index in [-0.39, 0.29) is 11.6 Å². The van der Waals surface area contributed by atoms with Gasteiger partial charge in [-0.05, 0) is 39.7 Å². The molecule has 0 bridgehead atoms. The molecule has 2 N–H and O–H groups in total. The molecule has 2 aromatic carbocycles. The Labute approximate surface area is 163 Å². The van der Waals surface area contributed by atoms with Gasteiger partial charge in [-0.1, -0.05) is 36.4 Å². The lowest BCUT2D eigenvalue weighted by Gasteiger charge is -2.09. The number of benzene rings is 2. The standard InChI is InChI=1S/C20H13BrFN5/c21-19-18(15-7-3-1-6-13(15)11-23)25-20(24)17-10-14(26-27(17)19)9-12-5-2-4-8-16(12)22/h1-8,10H,9H2,(H2,24,25). The van der Waals surface area contributed by atoms with Crippen molar-refractivity contribution in [3.05, 3.63) is 81.8 Å². The highest BCUT2D eigenvalue weighted by Gasteiger charge is 2.17. The Morgan fingerprint density at radius 3 is 2.67 bits per heavy atom. The topological polar surface area (TPSA) is 80.0 Å². The number of nitrogen functional groups attached to an aromatic ring is 1. The molecule has 27 heavy (non-hydrogen) atoms. The summed E-state index contributed by atoms with van der Waals surface area (Å²) < 4.78 is 16.2. The predicted octanol–water partition coefficient (Wildman–Crippen LogP) is 4.34. The van der Waals surface area contributed by atoms with E-state index in [0.29, 0.717) is 44.6 Å². The lowest BCUT2D eigenvalue weighted by molar-refractivity contribution is 0.613. The monoisotopic (exact) mass is 421 g/mol. The first-order chi connectivity index (χ1) is 13.1. The first-order valence-electron chi connectivity index (χ1n) is 8.15. The van der Waals surface area contributed by atoms with Crippen LogP contribution in [-0.4, -0.2) is 14.6 Å². The number of nitrogens with zero attached hydrogens (tertiary/aromatic N) is 4. The first-order valence-corrected chi connectivity index (χ1v) is 8.94. The van der Waals surface area contributed by atoms with Crippen molar-refractivity contribution in [2.45, 2.75) is 6.42 Å². The number of rotatable bonds is 3. The van der Waals surface area contributed by atoms with Gasteiger partial charge in [0.2, 0.25) is 0 Å². The number of fused-ring (bicyclic) bond motifs is 1. The maximum atomic E-state index is 13.9. The zero-order valence-corrected chi connectivity index (χ0v) is 15.6. The van der Waals surface area contributed by atoms with Crippen molar-refractivity contribution in [1.29, 1.82) is 5.26 Å². The highest BCUT2D eigenvalue weighted by Crippen LogP contribution is 2.32. The van der Waals surface area contributed by atoms with Crippen molar-refractivity contribution in [2.24, 2.45) is 0 Å². The van der Waals surface area contributed by atoms with Crippen molar-refractivity contribution in [2.75, 3.05) is 5.73 Å². The Morgan fingerprint density at radius 1 is 1.15 bits per heavy atom. The fraction of sp³-hybridized carbons (Fsp3) is 0.0500. The van der Waals surface area contributed by atoms with E-state index in [0.717, 1.165) is 0 Å². The van der Waals surface area contributed by atoms with E-state index in [9.17, 15) is 9.65 Å². The quantitative estimate of drug-likeness (QED) is 0.533. The fourth-order valence-corrected chi connectivity index (χ4v) is 3.54. The summed E-state index contributed by atoms with van der Waals surface area (Å²) in [5.41, 5.74) is 9.65. The van der Waals surface area contributed by atoms with Gasteiger partial charge in [-0.3, -0.25) is 0 Å². The van der Waals surface area contributed by atoms with Crippen molar-refractivity contribution >= 4 is 27.3 Å². The second-order valence-electron chi connectivity index (χ2n) is 5.99. The Bertz CT molecular complexity index is 1210. The second kappa shape index (κ2) is 6.82. The van der Waals surface area contributed by atoms with E-state index in [4.69, 9.17) is 5.73 Å². The molecule has 0 saturated carbocycles. The second-order valence-corrected chi connectivity index (χ2v) is 6.75. The molecule has 0 spiro atoms. The molecule has 2 heterocycles. The van der Waals surface area contributed by atoms with Gasteiger partial charge >= 0.3 is 0 Å². The van der Waals surface area contributed by atoms with E-state index >= 15 is 0 Å². The van der Waals surface area contributed by atoms with E-state index in [2.05, 4.69) is 32.1 Å². The summed E-state index contributed by atoms with van der Waals surface area (Å²) in [4.78, 5) is 4.46. The van der Waals surface area contributed by atoms with Gasteiger partial charge in [-0.25, -0.2) is 13.9 Å². The zero-order chi connectivity index (χ0) is 19.0. The summed E-state index contributed by atoms with van der Waals surface area (Å²) in [6, 6.07) is 17.7. The first kappa shape index (κ1) is 17.2. The van der Waals surface area contributed by atoms with Gasteiger partial charge in [-0.15, -0.1) is 0 Å². The number of halogens is 2. The summed E-state index contributed by atoms with van der Waals surface area (Å²) in [7, 11) is 0. The molecule has 2 aromatic heterocycles. The van der Waals surface area contributed by atoms with Crippen LogP contribution >= 0.6 is 15.9 Å². The van der Waals surface area contributed by atoms with Gasteiger partial charge < -0.3 is 5.73 Å². The van der Waals surface area contributed by atoms with E-state index in [1.165, 1.54) is 6.07 Å². The number of nitrogens with two attached hydrogens (primary N) is 1. The molecule has 0 aliphatic rings. The largest absolute Gasteiger partial charge is 0.382 e. The number of hydrogen-bond acceptors (Lipinski definition) is 4. The third kappa shape index (κ3) is 3.04. The van der Waals surface area contributed by atoms with Crippen LogP contribution in [0.4, 0.5) is 10.2 Å². The summed E-state index contributed by atoms with van der Waals surface area (Å²) in [6.07, 6.45) is 0.338. The van der Waals surface area contributed by atoms with Crippen molar-refractivity contribution in [1.82, 2.24) is 14.6 Å². The minimum absolute atomic E-state index is 0.275. The van der Waals surface area contributed by atoms with Crippen LogP contribution in [0.2, 0.25) is 0 Å². The summed E-state index contributed by atoms with van der Waals surface area (Å²) in [6.45, 7) is 0. The molecule has 4 aromatic rings. The molecule has 0 fully saturated rings. The number of nitriles is 1. The minimum Gasteiger partial charge on any atom is -0.382 e. The SMILES string of the molecule is N#Cc1ccccc1-c1nc(N)c2cc(Cc3ccccc3F)nn2c1Br. The maximum Gasteiger partial charge on any atom is 0.150 e. The number of anilines is 1. The molecule has 0 radical (unpaired) electrons. The van der Waals surface area contributed by atoms with Crippen molar-refractivity contribution in [3.8, 4) is 17.3 Å². The van der Waals surface area contributed by atoms with Gasteiger partial charge in [0.05, 0.1) is 17.3 Å². The van der Waals surface area contributed by atoms with Crippen LogP contribution in [-0.2, 0) is 6.42 Å². The average molecular weight is 422 g/mol.